The number of hydrogen-bond donors (Lipinski definition) is 1. The first-order chi connectivity index (χ1) is 15.7. The van der Waals surface area contributed by atoms with Crippen LogP contribution < -0.4 is 0 Å². The van der Waals surface area contributed by atoms with Crippen LogP contribution in [0, 0.1) is 74.9 Å². The van der Waals surface area contributed by atoms with Crippen LogP contribution in [0.1, 0.15) is 58.3 Å². The van der Waals surface area contributed by atoms with Gasteiger partial charge in [0, 0.05) is 72.4 Å². The van der Waals surface area contributed by atoms with Gasteiger partial charge in [0.2, 0.25) is 0 Å². The van der Waals surface area contributed by atoms with Crippen molar-refractivity contribution in [2.24, 2.45) is 29.6 Å². The number of carbonyl (C=O) groups excluding carboxylic acids is 1. The number of rotatable bonds is 0. The van der Waals surface area contributed by atoms with Crippen molar-refractivity contribution in [3.05, 3.63) is 12.2 Å². The lowest BCUT2D eigenvalue weighted by Crippen LogP contribution is -2.26. The molecule has 0 unspecified atom stereocenters. The third-order valence-corrected chi connectivity index (χ3v) is 5.24. The van der Waals surface area contributed by atoms with Crippen LogP contribution in [0.5, 0.6) is 0 Å². The number of carbonyl (C=O) groups is 1. The molecule has 6 nitrogen and oxygen atoms in total. The predicted octanol–water partition coefficient (Wildman–Crippen LogP) is 3.90. The number of aliphatic hydroxyl groups is 1. The molecule has 0 heterocycles. The van der Waals surface area contributed by atoms with Crippen LogP contribution in [0.2, 0.25) is 0 Å². The lowest BCUT2D eigenvalue weighted by atomic mass is 9.77. The van der Waals surface area contributed by atoms with Crippen LogP contribution in [0.15, 0.2) is 12.2 Å². The molecular weight excluding hydrogens is 545 g/mol. The Bertz CT molecular complexity index is 746. The van der Waals surface area contributed by atoms with Crippen LogP contribution in [0.25, 0.3) is 0 Å². The normalized spacial score (nSPS) is 25.0. The molecule has 0 atom stereocenters. The van der Waals surface area contributed by atoms with E-state index in [0.29, 0.717) is 37.5 Å². The summed E-state index contributed by atoms with van der Waals surface area (Å²) in [5.41, 5.74) is 1.23. The van der Waals surface area contributed by atoms with Crippen LogP contribution in [-0.2, 0) is 58.4 Å². The van der Waals surface area contributed by atoms with Crippen molar-refractivity contribution in [1.29, 1.82) is 21.0 Å². The molecule has 4 rings (SSSR count). The largest absolute Gasteiger partial charge is 0.393 e. The molecule has 4 saturated carbocycles. The molecular formula is C22H30N4O2S6. The Labute approximate surface area is 233 Å². The minimum atomic E-state index is -0.176. The summed E-state index contributed by atoms with van der Waals surface area (Å²) in [6.07, 6.45) is 6.35. The van der Waals surface area contributed by atoms with Crippen molar-refractivity contribution in [1.82, 2.24) is 0 Å². The van der Waals surface area contributed by atoms with Gasteiger partial charge < -0.3 is 5.11 Å². The summed E-state index contributed by atoms with van der Waals surface area (Å²) >= 11 is 15.6. The summed E-state index contributed by atoms with van der Waals surface area (Å²) in [6.45, 7) is 5.90. The van der Waals surface area contributed by atoms with Gasteiger partial charge in [0.15, 0.2) is 0 Å². The molecule has 0 aromatic rings. The molecule has 0 aromatic carbocycles. The fourth-order valence-corrected chi connectivity index (χ4v) is 3.01. The van der Waals surface area contributed by atoms with E-state index in [-0.39, 0.29) is 37.2 Å². The van der Waals surface area contributed by atoms with Gasteiger partial charge in [0.1, 0.15) is 5.78 Å². The van der Waals surface area contributed by atoms with Crippen LogP contribution in [0.4, 0.5) is 0 Å². The minimum Gasteiger partial charge on any atom is -0.393 e. The number of ketones is 1. The maximum Gasteiger partial charge on any atom is 0.135 e. The van der Waals surface area contributed by atoms with Crippen molar-refractivity contribution >= 4 is 72.9 Å². The molecule has 12 heteroatoms. The number of aliphatic hydroxyl groups excluding tert-OH is 1. The maximum absolute atomic E-state index is 10.1. The molecule has 0 bridgehead atoms. The zero-order valence-corrected chi connectivity index (χ0v) is 24.1. The Balaban J connectivity index is -0.000000351. The van der Waals surface area contributed by atoms with E-state index >= 15 is 0 Å². The zero-order chi connectivity index (χ0) is 25.8. The topological polar surface area (TPSA) is 132 Å². The van der Waals surface area contributed by atoms with E-state index < -0.39 is 0 Å². The highest BCUT2D eigenvalue weighted by Crippen LogP contribution is 2.31. The average molecular weight is 575 g/mol. The fraction of sp³-hybridized carbons (Fsp3) is 0.682. The molecule has 186 valence electrons. The number of allylic oxidation sites excluding steroid dienone is 1. The van der Waals surface area contributed by atoms with Crippen LogP contribution >= 0.6 is 13.5 Å². The Hall–Kier alpha value is -1.22. The van der Waals surface area contributed by atoms with Crippen molar-refractivity contribution < 1.29 is 9.90 Å². The minimum absolute atomic E-state index is 0. The summed E-state index contributed by atoms with van der Waals surface area (Å²) in [5, 5.41) is 41.3. The van der Waals surface area contributed by atoms with E-state index in [1.54, 1.807) is 0 Å². The number of nitrogens with zero attached hydrogens (tertiary/aromatic N) is 4. The van der Waals surface area contributed by atoms with E-state index in [0.717, 1.165) is 40.5 Å². The van der Waals surface area contributed by atoms with Gasteiger partial charge in [-0.15, -0.1) is 0 Å². The molecule has 0 radical (unpaired) electrons. The molecule has 0 saturated heterocycles. The number of nitriles is 4. The Morgan fingerprint density at radius 3 is 1.26 bits per heavy atom. The quantitative estimate of drug-likeness (QED) is 0.425. The molecule has 0 aromatic heterocycles. The lowest BCUT2D eigenvalue weighted by Gasteiger charge is -2.26. The maximum atomic E-state index is 10.1. The average Bonchev–Trinajstić information content (AvgIpc) is 2.73. The highest BCUT2D eigenvalue weighted by atomic mass is 33.1. The third-order valence-electron chi connectivity index (χ3n) is 5.24. The molecule has 1 N–H and O–H groups in total. The van der Waals surface area contributed by atoms with Gasteiger partial charge in [-0.3, -0.25) is 4.79 Å². The standard InChI is InChI=1S/C6H9N.C6H7N.C5H7NO.C5H5NO.S3.S2.H2S/c2*1-5-2-6(3-5)4-7;2*6-3-4-1-5(7)2-4;1-3-2;1-2;/h5-6H,2-3H2,1H3;6H,1-3H2;4-5,7H,1-2H2;4H,1-2H2;;;1H2. The second kappa shape index (κ2) is 23.5. The Morgan fingerprint density at radius 2 is 1.15 bits per heavy atom. The zero-order valence-electron chi connectivity index (χ0n) is 19.0. The van der Waals surface area contributed by atoms with E-state index in [4.69, 9.17) is 26.2 Å². The first-order valence-electron chi connectivity index (χ1n) is 10.3. The summed E-state index contributed by atoms with van der Waals surface area (Å²) in [5.74, 6) is 1.95. The SMILES string of the molecule is C=C1CC(C#N)C1.CC1CC(C#N)C1.N#CC1CC(=O)C1.N#CC1CC(O)C1.S.S=S.S=S=S. The molecule has 0 amide bonds. The van der Waals surface area contributed by atoms with Crippen LogP contribution in [0.3, 0.4) is 0 Å². The van der Waals surface area contributed by atoms with Crippen molar-refractivity contribution in [2.75, 3.05) is 0 Å². The summed E-state index contributed by atoms with van der Waals surface area (Å²) < 4.78 is 0. The fourth-order valence-electron chi connectivity index (χ4n) is 3.01. The van der Waals surface area contributed by atoms with Gasteiger partial charge >= 0.3 is 0 Å². The molecule has 34 heavy (non-hydrogen) atoms. The lowest BCUT2D eigenvalue weighted by molar-refractivity contribution is -0.125. The molecule has 4 fully saturated rings. The highest BCUT2D eigenvalue weighted by Gasteiger charge is 2.26. The summed E-state index contributed by atoms with van der Waals surface area (Å²) in [4.78, 5) is 10.1. The number of Topliss-reactive ketones (excluding diaryl/α,β-unsaturated/α-hetero) is 1. The molecule has 4 aliphatic rings. The van der Waals surface area contributed by atoms with E-state index in [1.165, 1.54) is 5.57 Å². The first kappa shape index (κ1) is 37.3. The molecule has 4 aliphatic carbocycles. The van der Waals surface area contributed by atoms with E-state index in [1.807, 2.05) is 6.07 Å². The molecule has 0 aliphatic heterocycles. The summed E-state index contributed by atoms with van der Waals surface area (Å²) in [7, 11) is 0.917. The van der Waals surface area contributed by atoms with Crippen LogP contribution in [-0.4, -0.2) is 17.0 Å². The third kappa shape index (κ3) is 18.2. The summed E-state index contributed by atoms with van der Waals surface area (Å²) in [6, 6.07) is 8.49. The second-order valence-electron chi connectivity index (χ2n) is 8.18. The number of hydrogen-bond acceptors (Lipinski definition) is 10. The predicted molar refractivity (Wildman–Crippen MR) is 150 cm³/mol. The van der Waals surface area contributed by atoms with Gasteiger partial charge in [-0.2, -0.15) is 34.5 Å². The Morgan fingerprint density at radius 1 is 0.824 bits per heavy atom. The Kier molecular flexibility index (Phi) is 25.8. The smallest absolute Gasteiger partial charge is 0.135 e. The molecule has 0 spiro atoms. The van der Waals surface area contributed by atoms with Gasteiger partial charge in [0.25, 0.3) is 0 Å². The van der Waals surface area contributed by atoms with Gasteiger partial charge in [-0.1, -0.05) is 19.1 Å². The van der Waals surface area contributed by atoms with E-state index in [2.05, 4.69) is 76.5 Å². The van der Waals surface area contributed by atoms with Gasteiger partial charge in [-0.25, -0.2) is 0 Å². The van der Waals surface area contributed by atoms with Crippen molar-refractivity contribution in [2.45, 2.75) is 64.4 Å². The first-order valence-corrected chi connectivity index (χ1v) is 14.3. The van der Waals surface area contributed by atoms with E-state index in [9.17, 15) is 4.79 Å². The van der Waals surface area contributed by atoms with Crippen molar-refractivity contribution in [3.63, 3.8) is 0 Å². The van der Waals surface area contributed by atoms with Gasteiger partial charge in [0.05, 0.1) is 48.1 Å². The highest BCUT2D eigenvalue weighted by molar-refractivity contribution is 8.37. The second-order valence-corrected chi connectivity index (χ2v) is 9.95. The van der Waals surface area contributed by atoms with Crippen molar-refractivity contribution in [3.8, 4) is 24.3 Å². The van der Waals surface area contributed by atoms with Gasteiger partial charge in [-0.05, 0) is 44.4 Å². The monoisotopic (exact) mass is 574 g/mol.